The number of aromatic nitrogens is 4. The fourth-order valence-electron chi connectivity index (χ4n) is 8.70. The molecular formula is C58H40F4N4. The fraction of sp³-hybridized carbons (Fsp3) is 0.0862. The highest BCUT2D eigenvalue weighted by atomic mass is 19.1. The molecule has 0 spiro atoms. The fourth-order valence-corrected chi connectivity index (χ4v) is 8.70. The van der Waals surface area contributed by atoms with Gasteiger partial charge in [0.2, 0.25) is 0 Å². The zero-order valence-corrected chi connectivity index (χ0v) is 35.0. The van der Waals surface area contributed by atoms with Crippen LogP contribution in [0, 0.1) is 30.2 Å². The third-order valence-corrected chi connectivity index (χ3v) is 11.8. The number of benzene rings is 6. The average molecular weight is 877 g/mol. The lowest BCUT2D eigenvalue weighted by molar-refractivity contribution is 0.584. The third kappa shape index (κ3) is 7.54. The lowest BCUT2D eigenvalue weighted by atomic mass is 9.90. The number of fused-ring (bicyclic) bond motifs is 8. The Morgan fingerprint density at radius 1 is 0.439 bits per heavy atom. The van der Waals surface area contributed by atoms with E-state index >= 15 is 0 Å². The largest absolute Gasteiger partial charge is 0.308 e. The van der Waals surface area contributed by atoms with Crippen molar-refractivity contribution in [2.75, 3.05) is 0 Å². The predicted octanol–water partition coefficient (Wildman–Crippen LogP) is 14.7. The SMILES string of the molecule is [2H]C([2H])(c1ccc(-c2ccc(F)cc2F)nc1)C([2H])([2H])c1cc(-c2ccccc2-c2cnc3c4ccccc4n4c5ccccc5c(C)c4c3c2)cc(C([2H])([2H])C([2H])([2H])c2ccc(-c3ccc(F)cc3F)nc2)c1. The maximum Gasteiger partial charge on any atom is 0.135 e. The molecule has 11 aromatic rings. The zero-order valence-electron chi connectivity index (χ0n) is 43.0. The molecule has 6 aromatic carbocycles. The summed E-state index contributed by atoms with van der Waals surface area (Å²) in [7, 11) is 0. The molecule has 0 atom stereocenters. The molecule has 0 aliphatic rings. The van der Waals surface area contributed by atoms with E-state index in [2.05, 4.69) is 39.5 Å². The summed E-state index contributed by atoms with van der Waals surface area (Å²) in [5.74, 6) is -3.39. The van der Waals surface area contributed by atoms with Crippen molar-refractivity contribution in [3.63, 3.8) is 0 Å². The van der Waals surface area contributed by atoms with Gasteiger partial charge in [0.25, 0.3) is 0 Å². The molecule has 0 saturated carbocycles. The van der Waals surface area contributed by atoms with Gasteiger partial charge in [0.05, 0.1) is 33.5 Å². The molecule has 0 aliphatic carbocycles. The zero-order chi connectivity index (χ0) is 52.1. The van der Waals surface area contributed by atoms with Gasteiger partial charge in [-0.1, -0.05) is 91.0 Å². The van der Waals surface area contributed by atoms with Crippen molar-refractivity contribution in [2.24, 2.45) is 0 Å². The number of hydrogen-bond donors (Lipinski definition) is 0. The molecular weight excluding hydrogens is 829 g/mol. The lowest BCUT2D eigenvalue weighted by Crippen LogP contribution is -1.99. The highest BCUT2D eigenvalue weighted by Gasteiger charge is 2.19. The van der Waals surface area contributed by atoms with Gasteiger partial charge in [-0.2, -0.15) is 0 Å². The number of aryl methyl sites for hydroxylation is 5. The molecule has 5 heterocycles. The van der Waals surface area contributed by atoms with Crippen LogP contribution in [0.4, 0.5) is 17.6 Å². The molecule has 0 N–H and O–H groups in total. The summed E-state index contributed by atoms with van der Waals surface area (Å²) in [5.41, 5.74) is 5.51. The van der Waals surface area contributed by atoms with E-state index in [0.717, 1.165) is 74.4 Å². The van der Waals surface area contributed by atoms with Crippen LogP contribution in [0.2, 0.25) is 0 Å². The molecule has 66 heavy (non-hydrogen) atoms. The summed E-state index contributed by atoms with van der Waals surface area (Å²) >= 11 is 0. The quantitative estimate of drug-likeness (QED) is 0.102. The number of nitrogens with zero attached hydrogens (tertiary/aromatic N) is 4. The molecule has 0 amide bonds. The molecule has 320 valence electrons. The Bertz CT molecular complexity index is 3910. The Kier molecular flexibility index (Phi) is 8.34. The molecule has 0 unspecified atom stereocenters. The molecule has 0 fully saturated rings. The van der Waals surface area contributed by atoms with Gasteiger partial charge in [-0.15, -0.1) is 0 Å². The minimum Gasteiger partial charge on any atom is -0.308 e. The van der Waals surface area contributed by atoms with Crippen LogP contribution >= 0.6 is 0 Å². The van der Waals surface area contributed by atoms with Crippen LogP contribution in [0.3, 0.4) is 0 Å². The second-order valence-electron chi connectivity index (χ2n) is 15.9. The van der Waals surface area contributed by atoms with Crippen LogP contribution in [0.5, 0.6) is 0 Å². The second kappa shape index (κ2) is 16.9. The van der Waals surface area contributed by atoms with E-state index in [4.69, 9.17) is 4.98 Å². The minimum atomic E-state index is -2.99. The molecule has 0 aliphatic heterocycles. The minimum absolute atomic E-state index is 0.0433. The van der Waals surface area contributed by atoms with Gasteiger partial charge in [0.1, 0.15) is 23.3 Å². The van der Waals surface area contributed by atoms with Crippen LogP contribution in [-0.2, 0) is 25.5 Å². The van der Waals surface area contributed by atoms with Crippen molar-refractivity contribution in [3.05, 3.63) is 227 Å². The molecule has 0 bridgehead atoms. The number of rotatable bonds is 10. The predicted molar refractivity (Wildman–Crippen MR) is 257 cm³/mol. The first-order valence-electron chi connectivity index (χ1n) is 25.1. The lowest BCUT2D eigenvalue weighted by Gasteiger charge is -2.16. The standard InChI is InChI=1S/C58H40F4N4/c1-35-44-8-4-6-12-55(44)66-56-13-7-5-11-49(56)57-50(58(35)66)29-41(34-65-57)46-10-3-2-9-45(46)40-27-38(16-14-36-18-24-53(63-32-36)47-22-20-42(59)30-51(47)61)26-39(28-40)17-15-37-19-25-54(64-33-37)48-23-21-43(60)31-52(48)62/h2-13,18-34H,14-17H2,1H3/i14D2,15D2,16D2,17D2. The van der Waals surface area contributed by atoms with Gasteiger partial charge >= 0.3 is 0 Å². The maximum absolute atomic E-state index is 14.8. The van der Waals surface area contributed by atoms with Gasteiger partial charge in [0.15, 0.2) is 0 Å². The van der Waals surface area contributed by atoms with Gasteiger partial charge in [-0.25, -0.2) is 17.6 Å². The highest BCUT2D eigenvalue weighted by molar-refractivity contribution is 6.16. The molecule has 11 rings (SSSR count). The van der Waals surface area contributed by atoms with Gasteiger partial charge < -0.3 is 4.40 Å². The molecule has 0 saturated heterocycles. The average Bonchev–Trinajstić information content (AvgIpc) is 3.70. The van der Waals surface area contributed by atoms with Gasteiger partial charge in [0, 0.05) is 74.5 Å². The summed E-state index contributed by atoms with van der Waals surface area (Å²) in [5, 5.41) is 2.86. The summed E-state index contributed by atoms with van der Waals surface area (Å²) in [6.07, 6.45) is -7.94. The van der Waals surface area contributed by atoms with Crippen LogP contribution in [0.15, 0.2) is 176 Å². The highest BCUT2D eigenvalue weighted by Crippen LogP contribution is 2.40. The Morgan fingerprint density at radius 2 is 0.955 bits per heavy atom. The van der Waals surface area contributed by atoms with E-state index < -0.39 is 48.8 Å². The summed E-state index contributed by atoms with van der Waals surface area (Å²) in [6.45, 7) is 2.07. The Morgan fingerprint density at radius 3 is 1.52 bits per heavy atom. The smallest absolute Gasteiger partial charge is 0.135 e. The number of hydrogen-bond acceptors (Lipinski definition) is 3. The first-order chi connectivity index (χ1) is 35.3. The normalized spacial score (nSPS) is 14.3. The van der Waals surface area contributed by atoms with E-state index in [-0.39, 0.29) is 50.3 Å². The first-order valence-corrected chi connectivity index (χ1v) is 21.1. The summed E-state index contributed by atoms with van der Waals surface area (Å²) < 4.78 is 135. The van der Waals surface area contributed by atoms with Gasteiger partial charge in [-0.05, 0) is 132 Å². The summed E-state index contributed by atoms with van der Waals surface area (Å²) in [6, 6.07) is 40.3. The molecule has 0 radical (unpaired) electrons. The summed E-state index contributed by atoms with van der Waals surface area (Å²) in [4.78, 5) is 13.5. The molecule has 5 aromatic heterocycles. The van der Waals surface area contributed by atoms with Crippen LogP contribution in [0.25, 0.3) is 83.0 Å². The van der Waals surface area contributed by atoms with Crippen LogP contribution < -0.4 is 0 Å². The topological polar surface area (TPSA) is 43.1 Å². The van der Waals surface area contributed by atoms with E-state index in [9.17, 15) is 28.5 Å². The third-order valence-electron chi connectivity index (χ3n) is 11.8. The Labute approximate surface area is 389 Å². The van der Waals surface area contributed by atoms with Crippen molar-refractivity contribution in [1.29, 1.82) is 0 Å². The Hall–Kier alpha value is -7.97. The maximum atomic E-state index is 14.8. The second-order valence-corrected chi connectivity index (χ2v) is 15.9. The number of pyridine rings is 4. The van der Waals surface area contributed by atoms with Crippen molar-refractivity contribution < 1.29 is 28.5 Å². The van der Waals surface area contributed by atoms with E-state index in [1.807, 2.05) is 48.5 Å². The molecule has 8 heteroatoms. The van der Waals surface area contributed by atoms with Crippen LogP contribution in [-0.4, -0.2) is 19.4 Å². The van der Waals surface area contributed by atoms with Crippen molar-refractivity contribution in [2.45, 2.75) is 32.4 Å². The van der Waals surface area contributed by atoms with Crippen molar-refractivity contribution in [3.8, 4) is 44.8 Å². The number of para-hydroxylation sites is 2. The first kappa shape index (κ1) is 32.7. The van der Waals surface area contributed by atoms with Gasteiger partial charge in [-0.3, -0.25) is 15.0 Å². The van der Waals surface area contributed by atoms with Crippen LogP contribution in [0.1, 0.15) is 38.8 Å². The monoisotopic (exact) mass is 876 g/mol. The molecule has 4 nitrogen and oxygen atoms in total. The van der Waals surface area contributed by atoms with Crippen molar-refractivity contribution in [1.82, 2.24) is 19.4 Å². The van der Waals surface area contributed by atoms with E-state index in [0.29, 0.717) is 28.8 Å². The van der Waals surface area contributed by atoms with E-state index in [1.54, 1.807) is 18.3 Å². The van der Waals surface area contributed by atoms with E-state index in [1.165, 1.54) is 48.5 Å². The Balaban J connectivity index is 1.08. The van der Waals surface area contributed by atoms with Crippen molar-refractivity contribution >= 4 is 38.2 Å². The number of halogens is 4.